The Morgan fingerprint density at radius 1 is 1.22 bits per heavy atom. The van der Waals surface area contributed by atoms with Crippen LogP contribution in [0.15, 0.2) is 53.2 Å². The van der Waals surface area contributed by atoms with Gasteiger partial charge in [0.25, 0.3) is 0 Å². The van der Waals surface area contributed by atoms with Crippen molar-refractivity contribution in [1.82, 2.24) is 4.98 Å². The normalized spacial score (nSPS) is 10.9. The van der Waals surface area contributed by atoms with Gasteiger partial charge in [-0.1, -0.05) is 18.2 Å². The lowest BCUT2D eigenvalue weighted by Gasteiger charge is -2.18. The van der Waals surface area contributed by atoms with E-state index in [1.807, 2.05) is 48.7 Å². The Hall–Kier alpha value is -2.77. The fraction of sp³-hybridized carbons (Fsp3) is 0.150. The molecule has 7 heteroatoms. The summed E-state index contributed by atoms with van der Waals surface area (Å²) in [6, 6.07) is 11.5. The van der Waals surface area contributed by atoms with Gasteiger partial charge in [-0.25, -0.2) is 9.78 Å². The number of aryl methyl sites for hydroxylation is 1. The van der Waals surface area contributed by atoms with E-state index < -0.39 is 5.97 Å². The summed E-state index contributed by atoms with van der Waals surface area (Å²) in [5, 5.41) is 4.28. The van der Waals surface area contributed by atoms with Crippen molar-refractivity contribution in [2.75, 3.05) is 4.90 Å². The highest BCUT2D eigenvalue weighted by Crippen LogP contribution is 2.29. The number of rotatable bonds is 6. The lowest BCUT2D eigenvalue weighted by atomic mass is 10.2. The highest BCUT2D eigenvalue weighted by atomic mass is 32.1. The Balaban J connectivity index is 1.66. The van der Waals surface area contributed by atoms with E-state index in [9.17, 15) is 9.59 Å². The van der Waals surface area contributed by atoms with Crippen LogP contribution in [0.3, 0.4) is 0 Å². The molecule has 2 heterocycles. The molecule has 0 aliphatic rings. The van der Waals surface area contributed by atoms with E-state index in [2.05, 4.69) is 4.98 Å². The van der Waals surface area contributed by atoms with E-state index in [0.717, 1.165) is 16.1 Å². The number of thiazole rings is 1. The molecular formula is C20H18N2O3S2. The second-order valence-electron chi connectivity index (χ2n) is 5.77. The van der Waals surface area contributed by atoms with Crippen LogP contribution < -0.4 is 4.90 Å². The third kappa shape index (κ3) is 5.12. The lowest BCUT2D eigenvalue weighted by Crippen LogP contribution is -2.22. The van der Waals surface area contributed by atoms with Crippen molar-refractivity contribution in [3.05, 3.63) is 69.4 Å². The largest absolute Gasteiger partial charge is 0.456 e. The maximum Gasteiger partial charge on any atom is 0.331 e. The lowest BCUT2D eigenvalue weighted by molar-refractivity contribution is -0.139. The maximum atomic E-state index is 12.1. The quantitative estimate of drug-likeness (QED) is 0.435. The number of carbonyl (C=O) groups excluding carboxylic acids is 2. The van der Waals surface area contributed by atoms with Crippen LogP contribution in [0.5, 0.6) is 0 Å². The third-order valence-corrected chi connectivity index (χ3v) is 5.31. The average Bonchev–Trinajstić information content (AvgIpc) is 3.30. The molecular weight excluding hydrogens is 380 g/mol. The topological polar surface area (TPSA) is 59.5 Å². The molecule has 0 unspecified atom stereocenters. The maximum absolute atomic E-state index is 12.1. The first-order valence-electron chi connectivity index (χ1n) is 8.23. The first-order valence-corrected chi connectivity index (χ1v) is 9.99. The summed E-state index contributed by atoms with van der Waals surface area (Å²) < 4.78 is 5.22. The van der Waals surface area contributed by atoms with Crippen molar-refractivity contribution in [2.24, 2.45) is 0 Å². The van der Waals surface area contributed by atoms with Gasteiger partial charge in [0.05, 0.1) is 11.4 Å². The second kappa shape index (κ2) is 8.75. The molecule has 0 aliphatic carbocycles. The second-order valence-corrected chi connectivity index (χ2v) is 7.59. The van der Waals surface area contributed by atoms with Crippen LogP contribution in [0.2, 0.25) is 0 Å². The SMILES string of the molecule is CC(=O)N(c1cccc(C)c1)c1nc(COC(=O)/C=C/c2cccs2)cs1. The molecule has 1 aromatic carbocycles. The minimum atomic E-state index is -0.431. The zero-order valence-corrected chi connectivity index (χ0v) is 16.5. The summed E-state index contributed by atoms with van der Waals surface area (Å²) in [5.41, 5.74) is 2.42. The fourth-order valence-electron chi connectivity index (χ4n) is 2.39. The molecule has 1 amide bonds. The Kier molecular flexibility index (Phi) is 6.16. The number of esters is 1. The molecule has 0 saturated carbocycles. The number of thiophene rings is 1. The van der Waals surface area contributed by atoms with Gasteiger partial charge in [-0.05, 0) is 42.1 Å². The van der Waals surface area contributed by atoms with Crippen LogP contribution in [-0.4, -0.2) is 16.9 Å². The Labute approximate surface area is 165 Å². The van der Waals surface area contributed by atoms with Gasteiger partial charge in [0.1, 0.15) is 6.61 Å². The molecule has 0 N–H and O–H groups in total. The molecule has 0 aliphatic heterocycles. The van der Waals surface area contributed by atoms with Gasteiger partial charge in [0.15, 0.2) is 5.13 Å². The standard InChI is InChI=1S/C20H18N2O3S2/c1-14-5-3-6-17(11-14)22(15(2)23)20-21-16(13-27-20)12-25-19(24)9-8-18-7-4-10-26-18/h3-11,13H,12H2,1-2H3/b9-8+. The number of hydrogen-bond donors (Lipinski definition) is 0. The van der Waals surface area contributed by atoms with Crippen molar-refractivity contribution in [3.8, 4) is 0 Å². The average molecular weight is 399 g/mol. The molecule has 138 valence electrons. The van der Waals surface area contributed by atoms with E-state index in [1.165, 1.54) is 24.3 Å². The number of hydrogen-bond acceptors (Lipinski definition) is 6. The van der Waals surface area contributed by atoms with Crippen LogP contribution >= 0.6 is 22.7 Å². The van der Waals surface area contributed by atoms with Crippen molar-refractivity contribution in [1.29, 1.82) is 0 Å². The van der Waals surface area contributed by atoms with Crippen LogP contribution in [-0.2, 0) is 20.9 Å². The van der Waals surface area contributed by atoms with E-state index >= 15 is 0 Å². The molecule has 0 radical (unpaired) electrons. The minimum Gasteiger partial charge on any atom is -0.456 e. The van der Waals surface area contributed by atoms with Crippen LogP contribution in [0.25, 0.3) is 6.08 Å². The van der Waals surface area contributed by atoms with E-state index in [1.54, 1.807) is 27.7 Å². The van der Waals surface area contributed by atoms with Gasteiger partial charge >= 0.3 is 5.97 Å². The highest BCUT2D eigenvalue weighted by Gasteiger charge is 2.18. The van der Waals surface area contributed by atoms with Gasteiger partial charge in [0.2, 0.25) is 5.91 Å². The molecule has 0 bridgehead atoms. The predicted molar refractivity (Wildman–Crippen MR) is 109 cm³/mol. The Morgan fingerprint density at radius 2 is 2.07 bits per heavy atom. The first kappa shape index (κ1) is 19.0. The summed E-state index contributed by atoms with van der Waals surface area (Å²) in [5.74, 6) is -0.558. The molecule has 0 atom stereocenters. The number of carbonyl (C=O) groups is 2. The van der Waals surface area contributed by atoms with Crippen LogP contribution in [0.1, 0.15) is 23.1 Å². The number of aromatic nitrogens is 1. The monoisotopic (exact) mass is 398 g/mol. The number of ether oxygens (including phenoxy) is 1. The summed E-state index contributed by atoms with van der Waals surface area (Å²) in [7, 11) is 0. The fourth-order valence-corrected chi connectivity index (χ4v) is 3.88. The Bertz CT molecular complexity index is 961. The molecule has 0 spiro atoms. The van der Waals surface area contributed by atoms with Crippen molar-refractivity contribution in [3.63, 3.8) is 0 Å². The third-order valence-electron chi connectivity index (χ3n) is 3.59. The molecule has 27 heavy (non-hydrogen) atoms. The number of nitrogens with zero attached hydrogens (tertiary/aromatic N) is 2. The van der Waals surface area contributed by atoms with Crippen molar-refractivity contribution >= 4 is 51.4 Å². The van der Waals surface area contributed by atoms with Crippen molar-refractivity contribution < 1.29 is 14.3 Å². The molecule has 3 rings (SSSR count). The molecule has 3 aromatic rings. The predicted octanol–water partition coefficient (Wildman–Crippen LogP) is 4.95. The van der Waals surface area contributed by atoms with Gasteiger partial charge in [-0.2, -0.15) is 0 Å². The van der Waals surface area contributed by atoms with E-state index in [-0.39, 0.29) is 12.5 Å². The summed E-state index contributed by atoms with van der Waals surface area (Å²) in [4.78, 5) is 30.9. The molecule has 0 fully saturated rings. The number of benzene rings is 1. The van der Waals surface area contributed by atoms with E-state index in [0.29, 0.717) is 10.8 Å². The highest BCUT2D eigenvalue weighted by molar-refractivity contribution is 7.14. The number of amides is 1. The summed E-state index contributed by atoms with van der Waals surface area (Å²) in [6.45, 7) is 3.53. The van der Waals surface area contributed by atoms with Crippen molar-refractivity contribution in [2.45, 2.75) is 20.5 Å². The van der Waals surface area contributed by atoms with Crippen LogP contribution in [0, 0.1) is 6.92 Å². The van der Waals surface area contributed by atoms with Crippen LogP contribution in [0.4, 0.5) is 10.8 Å². The molecule has 0 saturated heterocycles. The van der Waals surface area contributed by atoms with E-state index in [4.69, 9.17) is 4.74 Å². The van der Waals surface area contributed by atoms with Gasteiger partial charge in [-0.3, -0.25) is 9.69 Å². The Morgan fingerprint density at radius 3 is 2.78 bits per heavy atom. The smallest absolute Gasteiger partial charge is 0.331 e. The zero-order valence-electron chi connectivity index (χ0n) is 14.9. The van der Waals surface area contributed by atoms with Gasteiger partial charge < -0.3 is 4.74 Å². The molecule has 5 nitrogen and oxygen atoms in total. The minimum absolute atomic E-state index is 0.0592. The summed E-state index contributed by atoms with van der Waals surface area (Å²) >= 11 is 2.88. The molecule has 2 aromatic heterocycles. The van der Waals surface area contributed by atoms with Gasteiger partial charge in [0, 0.05) is 23.3 Å². The van der Waals surface area contributed by atoms with Gasteiger partial charge in [-0.15, -0.1) is 22.7 Å². The zero-order chi connectivity index (χ0) is 19.2. The first-order chi connectivity index (χ1) is 13.0. The number of anilines is 2. The summed E-state index contributed by atoms with van der Waals surface area (Å²) in [6.07, 6.45) is 3.11.